The second-order valence-corrected chi connectivity index (χ2v) is 7.56. The SMILES string of the molecule is CCn1cnc2sc(C(=O)Nc3cccc(C(=O)OC(C)C)c3)c(C)c2c1=O. The fraction of sp³-hybridized carbons (Fsp3) is 0.300. The van der Waals surface area contributed by atoms with Crippen molar-refractivity contribution < 1.29 is 14.3 Å². The van der Waals surface area contributed by atoms with Crippen LogP contribution in [0.2, 0.25) is 0 Å². The van der Waals surface area contributed by atoms with Crippen molar-refractivity contribution in [1.29, 1.82) is 0 Å². The third-order valence-electron chi connectivity index (χ3n) is 4.16. The number of hydrogen-bond acceptors (Lipinski definition) is 6. The molecule has 0 saturated heterocycles. The maximum Gasteiger partial charge on any atom is 0.338 e. The smallest absolute Gasteiger partial charge is 0.338 e. The van der Waals surface area contributed by atoms with Gasteiger partial charge in [-0.2, -0.15) is 0 Å². The van der Waals surface area contributed by atoms with Crippen molar-refractivity contribution in [1.82, 2.24) is 9.55 Å². The van der Waals surface area contributed by atoms with Gasteiger partial charge in [0.25, 0.3) is 11.5 Å². The molecule has 8 heteroatoms. The van der Waals surface area contributed by atoms with Crippen molar-refractivity contribution in [2.75, 3.05) is 5.32 Å². The maximum atomic E-state index is 12.8. The molecule has 1 N–H and O–H groups in total. The average molecular weight is 399 g/mol. The van der Waals surface area contributed by atoms with Crippen LogP contribution >= 0.6 is 11.3 Å². The number of anilines is 1. The molecule has 0 aliphatic carbocycles. The van der Waals surface area contributed by atoms with Gasteiger partial charge in [-0.05, 0) is 51.5 Å². The van der Waals surface area contributed by atoms with Gasteiger partial charge in [0, 0.05) is 12.2 Å². The fourth-order valence-corrected chi connectivity index (χ4v) is 3.83. The summed E-state index contributed by atoms with van der Waals surface area (Å²) in [6.07, 6.45) is 1.26. The molecule has 2 aromatic heterocycles. The molecule has 0 aliphatic rings. The molecule has 3 aromatic rings. The number of fused-ring (bicyclic) bond motifs is 1. The number of aryl methyl sites for hydroxylation is 2. The largest absolute Gasteiger partial charge is 0.459 e. The van der Waals surface area contributed by atoms with Crippen LogP contribution in [0.3, 0.4) is 0 Å². The molecule has 146 valence electrons. The van der Waals surface area contributed by atoms with E-state index in [-0.39, 0.29) is 17.6 Å². The Morgan fingerprint density at radius 1 is 1.32 bits per heavy atom. The number of amides is 1. The summed E-state index contributed by atoms with van der Waals surface area (Å²) in [6, 6.07) is 6.55. The first-order valence-corrected chi connectivity index (χ1v) is 9.74. The van der Waals surface area contributed by atoms with E-state index in [9.17, 15) is 14.4 Å². The molecule has 2 heterocycles. The number of ether oxygens (including phenoxy) is 1. The van der Waals surface area contributed by atoms with Gasteiger partial charge < -0.3 is 10.1 Å². The minimum absolute atomic E-state index is 0.154. The Kier molecular flexibility index (Phi) is 5.60. The number of esters is 1. The minimum atomic E-state index is -0.451. The highest BCUT2D eigenvalue weighted by Gasteiger charge is 2.20. The zero-order chi connectivity index (χ0) is 20.4. The molecule has 0 saturated carbocycles. The van der Waals surface area contributed by atoms with Crippen LogP contribution in [0.15, 0.2) is 35.4 Å². The molecular formula is C20H21N3O4S. The van der Waals surface area contributed by atoms with Gasteiger partial charge in [-0.3, -0.25) is 14.2 Å². The van der Waals surface area contributed by atoms with Crippen LogP contribution in [0.5, 0.6) is 0 Å². The molecule has 0 spiro atoms. The second-order valence-electron chi connectivity index (χ2n) is 6.56. The molecule has 0 unspecified atom stereocenters. The molecule has 0 atom stereocenters. The Bertz CT molecular complexity index is 1110. The van der Waals surface area contributed by atoms with Crippen molar-refractivity contribution in [3.05, 3.63) is 57.0 Å². The molecular weight excluding hydrogens is 378 g/mol. The van der Waals surface area contributed by atoms with Crippen LogP contribution in [0.25, 0.3) is 10.2 Å². The average Bonchev–Trinajstić information content (AvgIpc) is 2.99. The summed E-state index contributed by atoms with van der Waals surface area (Å²) < 4.78 is 6.69. The molecule has 0 aliphatic heterocycles. The second kappa shape index (κ2) is 7.93. The zero-order valence-corrected chi connectivity index (χ0v) is 16.9. The molecule has 7 nitrogen and oxygen atoms in total. The van der Waals surface area contributed by atoms with E-state index in [0.717, 1.165) is 0 Å². The van der Waals surface area contributed by atoms with E-state index in [1.54, 1.807) is 45.0 Å². The van der Waals surface area contributed by atoms with E-state index in [2.05, 4.69) is 10.3 Å². The van der Waals surface area contributed by atoms with E-state index < -0.39 is 5.97 Å². The number of benzene rings is 1. The van der Waals surface area contributed by atoms with Gasteiger partial charge >= 0.3 is 5.97 Å². The number of hydrogen-bond donors (Lipinski definition) is 1. The lowest BCUT2D eigenvalue weighted by Gasteiger charge is -2.09. The van der Waals surface area contributed by atoms with E-state index in [4.69, 9.17) is 4.74 Å². The summed E-state index contributed by atoms with van der Waals surface area (Å²) in [7, 11) is 0. The number of nitrogens with zero attached hydrogens (tertiary/aromatic N) is 2. The molecule has 1 amide bonds. The number of thiophene rings is 1. The summed E-state index contributed by atoms with van der Waals surface area (Å²) in [5, 5.41) is 3.25. The van der Waals surface area contributed by atoms with Crippen molar-refractivity contribution in [3.63, 3.8) is 0 Å². The molecule has 0 radical (unpaired) electrons. The molecule has 0 bridgehead atoms. The topological polar surface area (TPSA) is 90.3 Å². The molecule has 0 fully saturated rings. The predicted molar refractivity (Wildman–Crippen MR) is 109 cm³/mol. The highest BCUT2D eigenvalue weighted by Crippen LogP contribution is 2.27. The standard InChI is InChI=1S/C20H21N3O4S/c1-5-23-10-21-18-15(19(23)25)12(4)16(28-18)17(24)22-14-8-6-7-13(9-14)20(26)27-11(2)3/h6-11H,5H2,1-4H3,(H,22,24). The summed E-state index contributed by atoms with van der Waals surface area (Å²) in [5.41, 5.74) is 1.28. The Hall–Kier alpha value is -3.00. The Morgan fingerprint density at radius 2 is 2.07 bits per heavy atom. The van der Waals surface area contributed by atoms with Crippen molar-refractivity contribution in [2.24, 2.45) is 0 Å². The van der Waals surface area contributed by atoms with E-state index in [1.165, 1.54) is 22.2 Å². The lowest BCUT2D eigenvalue weighted by molar-refractivity contribution is 0.0377. The van der Waals surface area contributed by atoms with Gasteiger partial charge in [-0.1, -0.05) is 6.07 Å². The molecule has 1 aromatic carbocycles. The van der Waals surface area contributed by atoms with Gasteiger partial charge in [0.05, 0.1) is 28.3 Å². The quantitative estimate of drug-likeness (QED) is 0.662. The first kappa shape index (κ1) is 19.8. The monoisotopic (exact) mass is 399 g/mol. The van der Waals surface area contributed by atoms with E-state index in [1.807, 2.05) is 6.92 Å². The summed E-state index contributed by atoms with van der Waals surface area (Å²) >= 11 is 1.18. The highest BCUT2D eigenvalue weighted by molar-refractivity contribution is 7.20. The maximum absolute atomic E-state index is 12.8. The normalized spacial score (nSPS) is 11.0. The number of carbonyl (C=O) groups is 2. The number of aromatic nitrogens is 2. The van der Waals surface area contributed by atoms with Gasteiger partial charge in [0.2, 0.25) is 0 Å². The van der Waals surface area contributed by atoms with Crippen LogP contribution in [-0.4, -0.2) is 27.5 Å². The van der Waals surface area contributed by atoms with Crippen LogP contribution in [0.4, 0.5) is 5.69 Å². The van der Waals surface area contributed by atoms with Gasteiger partial charge in [0.15, 0.2) is 0 Å². The highest BCUT2D eigenvalue weighted by atomic mass is 32.1. The van der Waals surface area contributed by atoms with Gasteiger partial charge in [-0.15, -0.1) is 11.3 Å². The first-order valence-electron chi connectivity index (χ1n) is 8.92. The first-order chi connectivity index (χ1) is 13.3. The zero-order valence-electron chi connectivity index (χ0n) is 16.1. The lowest BCUT2D eigenvalue weighted by Crippen LogP contribution is -2.19. The molecule has 3 rings (SSSR count). The number of rotatable bonds is 5. The Balaban J connectivity index is 1.90. The molecule has 28 heavy (non-hydrogen) atoms. The number of nitrogens with one attached hydrogen (secondary N) is 1. The summed E-state index contributed by atoms with van der Waals surface area (Å²) in [6.45, 7) is 7.66. The van der Waals surface area contributed by atoms with E-state index in [0.29, 0.717) is 38.5 Å². The lowest BCUT2D eigenvalue weighted by atomic mass is 10.2. The van der Waals surface area contributed by atoms with Crippen molar-refractivity contribution >= 4 is 39.1 Å². The van der Waals surface area contributed by atoms with Crippen LogP contribution in [0, 0.1) is 6.92 Å². The minimum Gasteiger partial charge on any atom is -0.459 e. The van der Waals surface area contributed by atoms with E-state index >= 15 is 0 Å². The summed E-state index contributed by atoms with van der Waals surface area (Å²) in [4.78, 5) is 42.6. The Labute approximate surface area is 166 Å². The summed E-state index contributed by atoms with van der Waals surface area (Å²) in [5.74, 6) is -0.800. The van der Waals surface area contributed by atoms with Crippen molar-refractivity contribution in [3.8, 4) is 0 Å². The van der Waals surface area contributed by atoms with Crippen molar-refractivity contribution in [2.45, 2.75) is 40.3 Å². The van der Waals surface area contributed by atoms with Crippen LogP contribution in [0.1, 0.15) is 46.4 Å². The number of carbonyl (C=O) groups excluding carboxylic acids is 2. The van der Waals surface area contributed by atoms with Crippen LogP contribution < -0.4 is 10.9 Å². The van der Waals surface area contributed by atoms with Crippen LogP contribution in [-0.2, 0) is 11.3 Å². The van der Waals surface area contributed by atoms with Gasteiger partial charge in [0.1, 0.15) is 4.83 Å². The van der Waals surface area contributed by atoms with Gasteiger partial charge in [-0.25, -0.2) is 9.78 Å². The third kappa shape index (κ3) is 3.82. The Morgan fingerprint density at radius 3 is 2.75 bits per heavy atom. The fourth-order valence-electron chi connectivity index (χ4n) is 2.79. The third-order valence-corrected chi connectivity index (χ3v) is 5.36. The predicted octanol–water partition coefficient (Wildman–Crippen LogP) is 3.60.